The number of benzene rings is 8. The van der Waals surface area contributed by atoms with Crippen LogP contribution in [0.1, 0.15) is 0 Å². The van der Waals surface area contributed by atoms with E-state index in [1.807, 2.05) is 30.3 Å². The molecule has 0 amide bonds. The smallest absolute Gasteiger partial charge is 0.164 e. The summed E-state index contributed by atoms with van der Waals surface area (Å²) >= 11 is 1.80. The van der Waals surface area contributed by atoms with E-state index >= 15 is 0 Å². The molecule has 4 nitrogen and oxygen atoms in total. The van der Waals surface area contributed by atoms with Gasteiger partial charge in [0.2, 0.25) is 0 Å². The molecular weight excluding hydrogens is 655 g/mol. The number of para-hydroxylation sites is 1. The summed E-state index contributed by atoms with van der Waals surface area (Å²) in [6.07, 6.45) is 0. The van der Waals surface area contributed by atoms with E-state index in [0.717, 1.165) is 54.8 Å². The van der Waals surface area contributed by atoms with Crippen LogP contribution in [0.3, 0.4) is 0 Å². The lowest BCUT2D eigenvalue weighted by molar-refractivity contribution is 0.669. The Hall–Kier alpha value is -6.69. The summed E-state index contributed by atoms with van der Waals surface area (Å²) in [5, 5.41) is 9.25. The van der Waals surface area contributed by atoms with Crippen LogP contribution in [-0.2, 0) is 0 Å². The molecule has 0 bridgehead atoms. The summed E-state index contributed by atoms with van der Waals surface area (Å²) in [4.78, 5) is 15.5. The molecule has 0 aliphatic heterocycles. The van der Waals surface area contributed by atoms with Crippen molar-refractivity contribution in [3.63, 3.8) is 0 Å². The van der Waals surface area contributed by atoms with E-state index in [2.05, 4.69) is 133 Å². The predicted octanol–water partition coefficient (Wildman–Crippen LogP) is 13.1. The molecule has 0 unspecified atom stereocenters. The Bertz CT molecular complexity index is 3200. The molecule has 242 valence electrons. The number of rotatable bonds is 4. The molecule has 3 aromatic heterocycles. The highest BCUT2D eigenvalue weighted by Crippen LogP contribution is 2.42. The Balaban J connectivity index is 1.11. The summed E-state index contributed by atoms with van der Waals surface area (Å²) in [5.41, 5.74) is 7.03. The standard InChI is InChI=1S/C47H27N3OS/c1-2-10-29(11-3-1)45-48-46(34-20-19-33-27-41-38(26-35(33)24-34)36-13-6-7-15-40(36)51-41)50-47(49-45)37-14-8-16-43-44(37)39-25-32(21-22-42(39)52-43)31-18-17-28-9-4-5-12-30(28)23-31/h1-27H. The number of thiophene rings is 1. The van der Waals surface area contributed by atoms with E-state index in [0.29, 0.717) is 17.5 Å². The molecule has 0 saturated heterocycles. The maximum atomic E-state index is 6.18. The van der Waals surface area contributed by atoms with E-state index in [1.165, 1.54) is 36.7 Å². The maximum absolute atomic E-state index is 6.18. The molecule has 0 aliphatic carbocycles. The fraction of sp³-hybridized carbons (Fsp3) is 0. The first kappa shape index (κ1) is 29.1. The molecule has 0 saturated carbocycles. The number of hydrogen-bond donors (Lipinski definition) is 0. The average Bonchev–Trinajstić information content (AvgIpc) is 3.77. The monoisotopic (exact) mass is 681 g/mol. The van der Waals surface area contributed by atoms with Crippen LogP contribution in [0.5, 0.6) is 0 Å². The second-order valence-corrected chi connectivity index (χ2v) is 14.3. The van der Waals surface area contributed by atoms with Crippen molar-refractivity contribution in [1.82, 2.24) is 15.0 Å². The van der Waals surface area contributed by atoms with Gasteiger partial charge in [-0.1, -0.05) is 115 Å². The largest absolute Gasteiger partial charge is 0.456 e. The fourth-order valence-corrected chi connectivity index (χ4v) is 8.62. The topological polar surface area (TPSA) is 51.8 Å². The first-order valence-corrected chi connectivity index (χ1v) is 18.2. The van der Waals surface area contributed by atoms with Crippen LogP contribution in [0.15, 0.2) is 168 Å². The van der Waals surface area contributed by atoms with Gasteiger partial charge in [0.1, 0.15) is 11.2 Å². The van der Waals surface area contributed by atoms with Gasteiger partial charge in [0.05, 0.1) is 0 Å². The number of fused-ring (bicyclic) bond motifs is 8. The van der Waals surface area contributed by atoms with Gasteiger partial charge in [0.25, 0.3) is 0 Å². The minimum Gasteiger partial charge on any atom is -0.456 e. The molecule has 0 radical (unpaired) electrons. The lowest BCUT2D eigenvalue weighted by Crippen LogP contribution is -2.00. The first-order chi connectivity index (χ1) is 25.7. The van der Waals surface area contributed by atoms with E-state index in [1.54, 1.807) is 11.3 Å². The average molecular weight is 682 g/mol. The van der Waals surface area contributed by atoms with E-state index in [-0.39, 0.29) is 0 Å². The summed E-state index contributed by atoms with van der Waals surface area (Å²) in [5.74, 6) is 1.93. The van der Waals surface area contributed by atoms with Crippen molar-refractivity contribution in [2.75, 3.05) is 0 Å². The third-order valence-corrected chi connectivity index (χ3v) is 11.2. The van der Waals surface area contributed by atoms with Crippen LogP contribution in [0.2, 0.25) is 0 Å². The molecule has 3 heterocycles. The molecule has 0 atom stereocenters. The molecule has 0 aliphatic rings. The number of nitrogens with zero attached hydrogens (tertiary/aromatic N) is 3. The molecule has 11 rings (SSSR count). The number of hydrogen-bond acceptors (Lipinski definition) is 5. The molecule has 0 N–H and O–H groups in total. The van der Waals surface area contributed by atoms with Crippen LogP contribution in [-0.4, -0.2) is 15.0 Å². The van der Waals surface area contributed by atoms with Gasteiger partial charge in [0.15, 0.2) is 17.5 Å². The van der Waals surface area contributed by atoms with Gasteiger partial charge < -0.3 is 4.42 Å². The van der Waals surface area contributed by atoms with Crippen molar-refractivity contribution in [1.29, 1.82) is 0 Å². The van der Waals surface area contributed by atoms with Gasteiger partial charge in [-0.2, -0.15) is 0 Å². The molecule has 5 heteroatoms. The quantitative estimate of drug-likeness (QED) is 0.185. The zero-order chi connectivity index (χ0) is 34.2. The van der Waals surface area contributed by atoms with Gasteiger partial charge in [-0.25, -0.2) is 15.0 Å². The summed E-state index contributed by atoms with van der Waals surface area (Å²) in [6.45, 7) is 0. The first-order valence-electron chi connectivity index (χ1n) is 17.3. The van der Waals surface area contributed by atoms with E-state index < -0.39 is 0 Å². The zero-order valence-electron chi connectivity index (χ0n) is 27.7. The van der Waals surface area contributed by atoms with Gasteiger partial charge in [-0.05, 0) is 81.2 Å². The summed E-state index contributed by atoms with van der Waals surface area (Å²) in [6, 6.07) is 57.6. The highest BCUT2D eigenvalue weighted by Gasteiger charge is 2.18. The Labute approximate surface area is 302 Å². The normalized spacial score (nSPS) is 11.8. The molecule has 8 aromatic carbocycles. The van der Waals surface area contributed by atoms with Crippen molar-refractivity contribution in [3.05, 3.63) is 164 Å². The SMILES string of the molecule is c1ccc(-c2nc(-c3ccc4cc5oc6ccccc6c5cc4c3)nc(-c3cccc4sc5ccc(-c6ccc7ccccc7c6)cc5c34)n2)cc1. The maximum Gasteiger partial charge on any atom is 0.164 e. The minimum atomic E-state index is 0.635. The van der Waals surface area contributed by atoms with Gasteiger partial charge in [0, 0.05) is 47.6 Å². The van der Waals surface area contributed by atoms with Crippen molar-refractivity contribution in [2.24, 2.45) is 0 Å². The van der Waals surface area contributed by atoms with Crippen LogP contribution in [0.4, 0.5) is 0 Å². The molecule has 52 heavy (non-hydrogen) atoms. The van der Waals surface area contributed by atoms with Crippen LogP contribution >= 0.6 is 11.3 Å². The number of aromatic nitrogens is 3. The van der Waals surface area contributed by atoms with E-state index in [9.17, 15) is 0 Å². The molecule has 11 aromatic rings. The van der Waals surface area contributed by atoms with Crippen molar-refractivity contribution < 1.29 is 4.42 Å². The Kier molecular flexibility index (Phi) is 6.39. The molecule has 0 spiro atoms. The molecular formula is C47H27N3OS. The van der Waals surface area contributed by atoms with Crippen molar-refractivity contribution >= 4 is 75.0 Å². The zero-order valence-corrected chi connectivity index (χ0v) is 28.6. The summed E-state index contributed by atoms with van der Waals surface area (Å²) < 4.78 is 8.62. The third kappa shape index (κ3) is 4.71. The lowest BCUT2D eigenvalue weighted by Gasteiger charge is -2.10. The van der Waals surface area contributed by atoms with Crippen LogP contribution < -0.4 is 0 Å². The van der Waals surface area contributed by atoms with Gasteiger partial charge in [-0.15, -0.1) is 11.3 Å². The van der Waals surface area contributed by atoms with E-state index in [4.69, 9.17) is 19.4 Å². The Morgan fingerprint density at radius 3 is 1.98 bits per heavy atom. The number of furan rings is 1. The predicted molar refractivity (Wildman–Crippen MR) is 217 cm³/mol. The van der Waals surface area contributed by atoms with Crippen molar-refractivity contribution in [2.45, 2.75) is 0 Å². The molecule has 0 fully saturated rings. The highest BCUT2D eigenvalue weighted by molar-refractivity contribution is 7.26. The minimum absolute atomic E-state index is 0.635. The lowest BCUT2D eigenvalue weighted by atomic mass is 9.98. The van der Waals surface area contributed by atoms with Crippen molar-refractivity contribution in [3.8, 4) is 45.3 Å². The second kappa shape index (κ2) is 11.4. The second-order valence-electron chi connectivity index (χ2n) is 13.2. The Morgan fingerprint density at radius 1 is 0.365 bits per heavy atom. The van der Waals surface area contributed by atoms with Gasteiger partial charge in [-0.3, -0.25) is 0 Å². The summed E-state index contributed by atoms with van der Waals surface area (Å²) in [7, 11) is 0. The third-order valence-electron chi connectivity index (χ3n) is 10.1. The highest BCUT2D eigenvalue weighted by atomic mass is 32.1. The van der Waals surface area contributed by atoms with Crippen LogP contribution in [0, 0.1) is 0 Å². The Morgan fingerprint density at radius 2 is 1.06 bits per heavy atom. The van der Waals surface area contributed by atoms with Crippen LogP contribution in [0.25, 0.3) is 109 Å². The van der Waals surface area contributed by atoms with Gasteiger partial charge >= 0.3 is 0 Å². The fourth-order valence-electron chi connectivity index (χ4n) is 7.51.